The van der Waals surface area contributed by atoms with E-state index in [1.807, 2.05) is 30.3 Å². The number of carbonyl (C=O) groups is 1. The molecule has 0 aromatic heterocycles. The van der Waals surface area contributed by atoms with Gasteiger partial charge in [-0.15, -0.1) is 0 Å². The number of morpholine rings is 1. The van der Waals surface area contributed by atoms with Gasteiger partial charge in [0.15, 0.2) is 6.61 Å². The first-order valence-electron chi connectivity index (χ1n) is 7.95. The summed E-state index contributed by atoms with van der Waals surface area (Å²) in [4.78, 5) is 24.3. The Morgan fingerprint density at radius 3 is 2.80 bits per heavy atom. The zero-order valence-corrected chi connectivity index (χ0v) is 13.5. The van der Waals surface area contributed by atoms with Crippen LogP contribution in [0.25, 0.3) is 0 Å². The lowest BCUT2D eigenvalue weighted by atomic mass is 10.1. The molecular formula is C18H18N2O5. The molecule has 0 bridgehead atoms. The SMILES string of the molecule is O=C(COc1cccc([N+](=O)[O-])c1)N1CCOC(c2ccccc2)C1. The first-order chi connectivity index (χ1) is 12.1. The third-order valence-corrected chi connectivity index (χ3v) is 3.98. The quantitative estimate of drug-likeness (QED) is 0.616. The van der Waals surface area contributed by atoms with E-state index in [9.17, 15) is 14.9 Å². The number of hydrogen-bond acceptors (Lipinski definition) is 5. The highest BCUT2D eigenvalue weighted by Gasteiger charge is 2.25. The molecule has 130 valence electrons. The van der Waals surface area contributed by atoms with Crippen LogP contribution < -0.4 is 4.74 Å². The molecule has 1 atom stereocenters. The van der Waals surface area contributed by atoms with Gasteiger partial charge in [-0.05, 0) is 11.6 Å². The fraction of sp³-hybridized carbons (Fsp3) is 0.278. The molecule has 0 radical (unpaired) electrons. The number of carbonyl (C=O) groups excluding carboxylic acids is 1. The number of nitro groups is 1. The lowest BCUT2D eigenvalue weighted by Gasteiger charge is -2.33. The Bertz CT molecular complexity index is 750. The number of non-ortho nitro benzene ring substituents is 1. The summed E-state index contributed by atoms with van der Waals surface area (Å²) in [6.45, 7) is 1.26. The predicted octanol–water partition coefficient (Wildman–Crippen LogP) is 2.57. The van der Waals surface area contributed by atoms with Gasteiger partial charge in [-0.2, -0.15) is 0 Å². The second kappa shape index (κ2) is 7.76. The van der Waals surface area contributed by atoms with Gasteiger partial charge < -0.3 is 14.4 Å². The van der Waals surface area contributed by atoms with Crippen LogP contribution in [0.2, 0.25) is 0 Å². The molecule has 7 heteroatoms. The molecule has 3 rings (SSSR count). The smallest absolute Gasteiger partial charge is 0.273 e. The number of rotatable bonds is 5. The number of nitro benzene ring substituents is 1. The van der Waals surface area contributed by atoms with E-state index in [1.165, 1.54) is 18.2 Å². The Morgan fingerprint density at radius 2 is 2.04 bits per heavy atom. The van der Waals surface area contributed by atoms with Crippen molar-refractivity contribution in [2.24, 2.45) is 0 Å². The van der Waals surface area contributed by atoms with Gasteiger partial charge in [-0.1, -0.05) is 36.4 Å². The second-order valence-corrected chi connectivity index (χ2v) is 5.65. The average molecular weight is 342 g/mol. The van der Waals surface area contributed by atoms with Crippen LogP contribution in [-0.2, 0) is 9.53 Å². The molecular weight excluding hydrogens is 324 g/mol. The van der Waals surface area contributed by atoms with Crippen molar-refractivity contribution >= 4 is 11.6 Å². The van der Waals surface area contributed by atoms with Crippen molar-refractivity contribution in [3.63, 3.8) is 0 Å². The Balaban J connectivity index is 1.58. The molecule has 1 amide bonds. The molecule has 7 nitrogen and oxygen atoms in total. The topological polar surface area (TPSA) is 81.9 Å². The summed E-state index contributed by atoms with van der Waals surface area (Å²) in [6, 6.07) is 15.5. The summed E-state index contributed by atoms with van der Waals surface area (Å²) >= 11 is 0. The van der Waals surface area contributed by atoms with Gasteiger partial charge in [0.2, 0.25) is 0 Å². The minimum atomic E-state index is -0.499. The third-order valence-electron chi connectivity index (χ3n) is 3.98. The van der Waals surface area contributed by atoms with Crippen molar-refractivity contribution in [1.82, 2.24) is 4.90 Å². The molecule has 1 fully saturated rings. The standard InChI is InChI=1S/C18H18N2O5/c21-18(13-25-16-8-4-7-15(11-16)20(22)23)19-9-10-24-17(12-19)14-5-2-1-3-6-14/h1-8,11,17H,9-10,12-13H2. The van der Waals surface area contributed by atoms with Gasteiger partial charge >= 0.3 is 0 Å². The maximum Gasteiger partial charge on any atom is 0.273 e. The molecule has 0 N–H and O–H groups in total. The zero-order valence-electron chi connectivity index (χ0n) is 13.5. The van der Waals surface area contributed by atoms with Crippen molar-refractivity contribution in [3.05, 3.63) is 70.3 Å². The number of amides is 1. The summed E-state index contributed by atoms with van der Waals surface area (Å²) in [6.07, 6.45) is -0.156. The molecule has 1 saturated heterocycles. The van der Waals surface area contributed by atoms with E-state index in [-0.39, 0.29) is 24.3 Å². The molecule has 0 saturated carbocycles. The number of nitrogens with zero attached hydrogens (tertiary/aromatic N) is 2. The van der Waals surface area contributed by atoms with E-state index in [1.54, 1.807) is 11.0 Å². The van der Waals surface area contributed by atoms with Gasteiger partial charge in [-0.25, -0.2) is 0 Å². The lowest BCUT2D eigenvalue weighted by molar-refractivity contribution is -0.384. The minimum Gasteiger partial charge on any atom is -0.484 e. The van der Waals surface area contributed by atoms with E-state index >= 15 is 0 Å². The largest absolute Gasteiger partial charge is 0.484 e. The number of hydrogen-bond donors (Lipinski definition) is 0. The van der Waals surface area contributed by atoms with Crippen LogP contribution in [0, 0.1) is 10.1 Å². The van der Waals surface area contributed by atoms with Gasteiger partial charge in [0.25, 0.3) is 11.6 Å². The van der Waals surface area contributed by atoms with Crippen molar-refractivity contribution in [3.8, 4) is 5.75 Å². The highest BCUT2D eigenvalue weighted by Crippen LogP contribution is 2.22. The fourth-order valence-electron chi connectivity index (χ4n) is 2.67. The lowest BCUT2D eigenvalue weighted by Crippen LogP contribution is -2.44. The highest BCUT2D eigenvalue weighted by molar-refractivity contribution is 5.78. The number of ether oxygens (including phenoxy) is 2. The van der Waals surface area contributed by atoms with Crippen molar-refractivity contribution in [2.45, 2.75) is 6.10 Å². The molecule has 0 aliphatic carbocycles. The summed E-state index contributed by atoms with van der Waals surface area (Å²) in [5, 5.41) is 10.8. The van der Waals surface area contributed by atoms with Gasteiger partial charge in [0.1, 0.15) is 11.9 Å². The Morgan fingerprint density at radius 1 is 1.24 bits per heavy atom. The summed E-state index contributed by atoms with van der Waals surface area (Å²) in [5.41, 5.74) is 0.958. The van der Waals surface area contributed by atoms with Crippen molar-refractivity contribution in [2.75, 3.05) is 26.3 Å². The molecule has 1 unspecified atom stereocenters. The van der Waals surface area contributed by atoms with Crippen LogP contribution >= 0.6 is 0 Å². The minimum absolute atomic E-state index is 0.0690. The van der Waals surface area contributed by atoms with E-state index in [0.717, 1.165) is 5.56 Å². The van der Waals surface area contributed by atoms with Crippen LogP contribution in [0.5, 0.6) is 5.75 Å². The average Bonchev–Trinajstić information content (AvgIpc) is 2.67. The molecule has 1 aliphatic rings. The van der Waals surface area contributed by atoms with Crippen molar-refractivity contribution < 1.29 is 19.2 Å². The summed E-state index contributed by atoms with van der Waals surface area (Å²) in [5.74, 6) is 0.131. The molecule has 2 aromatic rings. The van der Waals surface area contributed by atoms with Crippen LogP contribution in [0.1, 0.15) is 11.7 Å². The van der Waals surface area contributed by atoms with Crippen LogP contribution in [0.3, 0.4) is 0 Å². The maximum absolute atomic E-state index is 12.4. The van der Waals surface area contributed by atoms with Crippen LogP contribution in [0.15, 0.2) is 54.6 Å². The first-order valence-corrected chi connectivity index (χ1v) is 7.95. The molecule has 1 aliphatic heterocycles. The first kappa shape index (κ1) is 16.9. The monoisotopic (exact) mass is 342 g/mol. The van der Waals surface area contributed by atoms with Crippen molar-refractivity contribution in [1.29, 1.82) is 0 Å². The molecule has 1 heterocycles. The summed E-state index contributed by atoms with van der Waals surface area (Å²) < 4.78 is 11.2. The van der Waals surface area contributed by atoms with Crippen LogP contribution in [-0.4, -0.2) is 42.0 Å². The normalized spacial score (nSPS) is 17.1. The zero-order chi connectivity index (χ0) is 17.6. The Kier molecular flexibility index (Phi) is 5.25. The van der Waals surface area contributed by atoms with E-state index in [2.05, 4.69) is 0 Å². The third kappa shape index (κ3) is 4.33. The molecule has 0 spiro atoms. The Labute approximate surface area is 144 Å². The molecule has 2 aromatic carbocycles. The van der Waals surface area contributed by atoms with E-state index in [0.29, 0.717) is 25.4 Å². The summed E-state index contributed by atoms with van der Waals surface area (Å²) in [7, 11) is 0. The number of benzene rings is 2. The predicted molar refractivity (Wildman–Crippen MR) is 90.3 cm³/mol. The highest BCUT2D eigenvalue weighted by atomic mass is 16.6. The van der Waals surface area contributed by atoms with Gasteiger partial charge in [-0.3, -0.25) is 14.9 Å². The van der Waals surface area contributed by atoms with Crippen LogP contribution in [0.4, 0.5) is 5.69 Å². The van der Waals surface area contributed by atoms with Gasteiger partial charge in [0, 0.05) is 12.6 Å². The second-order valence-electron chi connectivity index (χ2n) is 5.65. The van der Waals surface area contributed by atoms with E-state index < -0.39 is 4.92 Å². The molecule has 25 heavy (non-hydrogen) atoms. The Hall–Kier alpha value is -2.93. The van der Waals surface area contributed by atoms with E-state index in [4.69, 9.17) is 9.47 Å². The fourth-order valence-corrected chi connectivity index (χ4v) is 2.67. The van der Waals surface area contributed by atoms with Gasteiger partial charge in [0.05, 0.1) is 24.1 Å². The maximum atomic E-state index is 12.4.